The molecule has 0 radical (unpaired) electrons. The van der Waals surface area contributed by atoms with E-state index in [0.717, 1.165) is 0 Å². The standard InChI is InChI=1S/C17H28/c1-16(2,3)11-10-14-8-7-9-15(12-14)13-17(4,5)6/h10-13H,7-9H2,1-6H3/b11-10+,15-13+. The summed E-state index contributed by atoms with van der Waals surface area (Å²) in [5.74, 6) is 0. The second kappa shape index (κ2) is 5.25. The molecule has 0 aromatic rings. The zero-order valence-corrected chi connectivity index (χ0v) is 12.4. The van der Waals surface area contributed by atoms with Gasteiger partial charge in [0.15, 0.2) is 0 Å². The largest absolute Gasteiger partial charge is 0.0789 e. The topological polar surface area (TPSA) is 0 Å². The van der Waals surface area contributed by atoms with Crippen LogP contribution in [0.2, 0.25) is 0 Å². The Kier molecular flexibility index (Phi) is 4.41. The third-order valence-corrected chi connectivity index (χ3v) is 2.72. The van der Waals surface area contributed by atoms with E-state index in [1.165, 1.54) is 30.4 Å². The van der Waals surface area contributed by atoms with Gasteiger partial charge >= 0.3 is 0 Å². The smallest absolute Gasteiger partial charge is 0.0197 e. The van der Waals surface area contributed by atoms with Crippen LogP contribution in [0.15, 0.2) is 35.5 Å². The summed E-state index contributed by atoms with van der Waals surface area (Å²) in [4.78, 5) is 0. The van der Waals surface area contributed by atoms with E-state index in [1.807, 2.05) is 0 Å². The van der Waals surface area contributed by atoms with Gasteiger partial charge in [-0.1, -0.05) is 71.4 Å². The zero-order valence-electron chi connectivity index (χ0n) is 12.4. The van der Waals surface area contributed by atoms with Crippen molar-refractivity contribution in [3.63, 3.8) is 0 Å². The molecule has 17 heavy (non-hydrogen) atoms. The average Bonchev–Trinajstić information content (AvgIpc) is 2.11. The predicted octanol–water partition coefficient (Wildman–Crippen LogP) is 5.67. The predicted molar refractivity (Wildman–Crippen MR) is 78.1 cm³/mol. The van der Waals surface area contributed by atoms with Crippen LogP contribution in [0.1, 0.15) is 60.8 Å². The molecule has 0 aliphatic heterocycles. The Balaban J connectivity index is 2.82. The zero-order chi connectivity index (χ0) is 13.1. The SMILES string of the molecule is CC(C)(C)/C=C/C1=CC(=C/C(C)(C)C)/CCC1. The lowest BCUT2D eigenvalue weighted by Gasteiger charge is -2.19. The molecule has 0 fully saturated rings. The molecular weight excluding hydrogens is 204 g/mol. The van der Waals surface area contributed by atoms with E-state index in [-0.39, 0.29) is 5.41 Å². The summed E-state index contributed by atoms with van der Waals surface area (Å²) in [7, 11) is 0. The number of rotatable bonds is 1. The van der Waals surface area contributed by atoms with E-state index in [2.05, 4.69) is 65.8 Å². The summed E-state index contributed by atoms with van der Waals surface area (Å²) in [5.41, 5.74) is 3.58. The molecule has 0 aromatic heterocycles. The molecule has 0 spiro atoms. The van der Waals surface area contributed by atoms with Crippen LogP contribution < -0.4 is 0 Å². The molecule has 0 N–H and O–H groups in total. The fraction of sp³-hybridized carbons (Fsp3) is 0.647. The monoisotopic (exact) mass is 232 g/mol. The highest BCUT2D eigenvalue weighted by Crippen LogP contribution is 2.28. The van der Waals surface area contributed by atoms with Crippen LogP contribution in [0.4, 0.5) is 0 Å². The first kappa shape index (κ1) is 14.3. The van der Waals surface area contributed by atoms with E-state index in [1.54, 1.807) is 0 Å². The summed E-state index contributed by atoms with van der Waals surface area (Å²) in [5, 5.41) is 0. The second-order valence-corrected chi connectivity index (χ2v) is 7.36. The third kappa shape index (κ3) is 6.51. The lowest BCUT2D eigenvalue weighted by atomic mass is 9.87. The Bertz CT molecular complexity index is 337. The molecule has 1 rings (SSSR count). The Morgan fingerprint density at radius 3 is 2.12 bits per heavy atom. The van der Waals surface area contributed by atoms with Crippen molar-refractivity contribution < 1.29 is 0 Å². The van der Waals surface area contributed by atoms with Gasteiger partial charge in [0.1, 0.15) is 0 Å². The van der Waals surface area contributed by atoms with E-state index in [4.69, 9.17) is 0 Å². The first-order chi connectivity index (χ1) is 7.66. The maximum absolute atomic E-state index is 2.41. The summed E-state index contributed by atoms with van der Waals surface area (Å²) in [6, 6.07) is 0. The number of hydrogen-bond donors (Lipinski definition) is 0. The van der Waals surface area contributed by atoms with Crippen molar-refractivity contribution in [2.75, 3.05) is 0 Å². The van der Waals surface area contributed by atoms with Crippen molar-refractivity contribution in [3.8, 4) is 0 Å². The summed E-state index contributed by atoms with van der Waals surface area (Å²) < 4.78 is 0. The van der Waals surface area contributed by atoms with Crippen molar-refractivity contribution in [2.24, 2.45) is 10.8 Å². The molecule has 0 heterocycles. The molecule has 96 valence electrons. The van der Waals surface area contributed by atoms with Crippen LogP contribution in [0.25, 0.3) is 0 Å². The van der Waals surface area contributed by atoms with Crippen molar-refractivity contribution in [1.82, 2.24) is 0 Å². The minimum absolute atomic E-state index is 0.284. The van der Waals surface area contributed by atoms with Crippen LogP contribution in [0.5, 0.6) is 0 Å². The quantitative estimate of drug-likeness (QED) is 0.546. The number of allylic oxidation sites excluding steroid dienone is 6. The molecule has 0 aromatic carbocycles. The van der Waals surface area contributed by atoms with Gasteiger partial charge in [-0.3, -0.25) is 0 Å². The molecule has 0 bridgehead atoms. The Morgan fingerprint density at radius 2 is 1.59 bits per heavy atom. The van der Waals surface area contributed by atoms with Gasteiger partial charge in [-0.2, -0.15) is 0 Å². The lowest BCUT2D eigenvalue weighted by molar-refractivity contribution is 0.536. The van der Waals surface area contributed by atoms with Gasteiger partial charge in [0.2, 0.25) is 0 Å². The number of hydrogen-bond acceptors (Lipinski definition) is 0. The molecule has 0 saturated carbocycles. The van der Waals surface area contributed by atoms with Gasteiger partial charge in [0, 0.05) is 0 Å². The van der Waals surface area contributed by atoms with E-state index >= 15 is 0 Å². The Hall–Kier alpha value is -0.780. The van der Waals surface area contributed by atoms with Crippen LogP contribution >= 0.6 is 0 Å². The highest BCUT2D eigenvalue weighted by atomic mass is 14.2. The third-order valence-electron chi connectivity index (χ3n) is 2.72. The minimum atomic E-state index is 0.284. The van der Waals surface area contributed by atoms with Gasteiger partial charge < -0.3 is 0 Å². The van der Waals surface area contributed by atoms with Crippen molar-refractivity contribution in [1.29, 1.82) is 0 Å². The normalized spacial score (nSPS) is 21.1. The first-order valence-corrected chi connectivity index (χ1v) is 6.77. The molecule has 1 aliphatic carbocycles. The molecule has 0 saturated heterocycles. The van der Waals surface area contributed by atoms with Gasteiger partial charge in [0.05, 0.1) is 0 Å². The highest BCUT2D eigenvalue weighted by molar-refractivity contribution is 5.34. The van der Waals surface area contributed by atoms with Gasteiger partial charge in [-0.05, 0) is 35.7 Å². The molecular formula is C17H28. The summed E-state index contributed by atoms with van der Waals surface area (Å²) in [6.07, 6.45) is 13.2. The maximum atomic E-state index is 2.41. The Morgan fingerprint density at radius 1 is 0.941 bits per heavy atom. The van der Waals surface area contributed by atoms with Crippen molar-refractivity contribution >= 4 is 0 Å². The van der Waals surface area contributed by atoms with Crippen LogP contribution in [-0.4, -0.2) is 0 Å². The van der Waals surface area contributed by atoms with Crippen molar-refractivity contribution in [3.05, 3.63) is 35.5 Å². The minimum Gasteiger partial charge on any atom is -0.0789 e. The lowest BCUT2D eigenvalue weighted by Crippen LogP contribution is -2.03. The average molecular weight is 232 g/mol. The van der Waals surface area contributed by atoms with Gasteiger partial charge in [-0.15, -0.1) is 0 Å². The van der Waals surface area contributed by atoms with Gasteiger partial charge in [0.25, 0.3) is 0 Å². The van der Waals surface area contributed by atoms with Crippen LogP contribution in [0, 0.1) is 10.8 Å². The van der Waals surface area contributed by atoms with Gasteiger partial charge in [-0.25, -0.2) is 0 Å². The van der Waals surface area contributed by atoms with E-state index < -0.39 is 0 Å². The van der Waals surface area contributed by atoms with Crippen LogP contribution in [0.3, 0.4) is 0 Å². The molecule has 0 heteroatoms. The molecule has 0 atom stereocenters. The van der Waals surface area contributed by atoms with E-state index in [0.29, 0.717) is 5.41 Å². The van der Waals surface area contributed by atoms with Crippen molar-refractivity contribution in [2.45, 2.75) is 60.8 Å². The molecule has 0 amide bonds. The summed E-state index contributed by atoms with van der Waals surface area (Å²) in [6.45, 7) is 13.6. The highest BCUT2D eigenvalue weighted by Gasteiger charge is 2.11. The molecule has 1 aliphatic rings. The fourth-order valence-electron chi connectivity index (χ4n) is 2.04. The summed E-state index contributed by atoms with van der Waals surface area (Å²) >= 11 is 0. The Labute approximate surface area is 108 Å². The fourth-order valence-corrected chi connectivity index (χ4v) is 2.04. The van der Waals surface area contributed by atoms with Crippen LogP contribution in [-0.2, 0) is 0 Å². The second-order valence-electron chi connectivity index (χ2n) is 7.36. The molecule has 0 unspecified atom stereocenters. The maximum Gasteiger partial charge on any atom is -0.0197 e. The first-order valence-electron chi connectivity index (χ1n) is 6.77. The van der Waals surface area contributed by atoms with E-state index in [9.17, 15) is 0 Å². The molecule has 0 nitrogen and oxygen atoms in total.